The number of hydrogen-bond acceptors (Lipinski definition) is 3. The Hall–Kier alpha value is -1.78. The zero-order valence-corrected chi connectivity index (χ0v) is 9.99. The van der Waals surface area contributed by atoms with Crippen molar-refractivity contribution in [3.63, 3.8) is 0 Å². The van der Waals surface area contributed by atoms with E-state index in [4.69, 9.17) is 5.11 Å². The predicted molar refractivity (Wildman–Crippen MR) is 63.4 cm³/mol. The number of ketones is 1. The third-order valence-electron chi connectivity index (χ3n) is 2.91. The van der Waals surface area contributed by atoms with Gasteiger partial charge in [-0.25, -0.2) is 0 Å². The van der Waals surface area contributed by atoms with E-state index in [0.717, 1.165) is 18.9 Å². The number of aliphatic carboxylic acids is 1. The first kappa shape index (κ1) is 11.7. The molecule has 0 amide bonds. The average Bonchev–Trinajstić information content (AvgIpc) is 2.75. The monoisotopic (exact) mass is 236 g/mol. The molecule has 5 nitrogen and oxygen atoms in total. The van der Waals surface area contributed by atoms with E-state index >= 15 is 0 Å². The smallest absolute Gasteiger partial charge is 0.307 e. The summed E-state index contributed by atoms with van der Waals surface area (Å²) in [5, 5.41) is 12.0. The Bertz CT molecular complexity index is 474. The molecule has 0 aliphatic carbocycles. The van der Waals surface area contributed by atoms with Crippen molar-refractivity contribution in [2.24, 2.45) is 5.92 Å². The SMILES string of the molecule is CC(C)C(=O)c1c(CC(=O)O)cn2c1NCC2. The van der Waals surface area contributed by atoms with Gasteiger partial charge in [0, 0.05) is 25.2 Å². The molecule has 0 atom stereocenters. The minimum absolute atomic E-state index is 0.00407. The Kier molecular flexibility index (Phi) is 2.92. The largest absolute Gasteiger partial charge is 0.481 e. The van der Waals surface area contributed by atoms with Gasteiger partial charge in [0.05, 0.1) is 12.0 Å². The summed E-state index contributed by atoms with van der Waals surface area (Å²) in [6.07, 6.45) is 1.68. The van der Waals surface area contributed by atoms with Crippen molar-refractivity contribution in [3.8, 4) is 0 Å². The molecule has 0 unspecified atom stereocenters. The minimum Gasteiger partial charge on any atom is -0.481 e. The van der Waals surface area contributed by atoms with Gasteiger partial charge in [-0.15, -0.1) is 0 Å². The van der Waals surface area contributed by atoms with E-state index in [1.807, 2.05) is 18.4 Å². The quantitative estimate of drug-likeness (QED) is 0.775. The normalized spacial score (nSPS) is 13.6. The van der Waals surface area contributed by atoms with E-state index in [1.54, 1.807) is 6.20 Å². The molecule has 0 spiro atoms. The summed E-state index contributed by atoms with van der Waals surface area (Å²) in [6.45, 7) is 5.23. The molecular formula is C12H16N2O3. The zero-order valence-electron chi connectivity index (χ0n) is 9.99. The number of carboxylic acid groups (broad SMARTS) is 1. The fraction of sp³-hybridized carbons (Fsp3) is 0.500. The van der Waals surface area contributed by atoms with Gasteiger partial charge in [-0.2, -0.15) is 0 Å². The van der Waals surface area contributed by atoms with Crippen LogP contribution in [-0.4, -0.2) is 28.0 Å². The maximum Gasteiger partial charge on any atom is 0.307 e. The van der Waals surface area contributed by atoms with Crippen LogP contribution in [0.25, 0.3) is 0 Å². The molecule has 1 aliphatic heterocycles. The topological polar surface area (TPSA) is 71.3 Å². The third kappa shape index (κ3) is 2.05. The number of hydrogen-bond donors (Lipinski definition) is 2. The standard InChI is InChI=1S/C12H16N2O3/c1-7(2)11(17)10-8(5-9(15)16)6-14-4-3-13-12(10)14/h6-7,13H,3-5H2,1-2H3,(H,15,16). The minimum atomic E-state index is -0.910. The van der Waals surface area contributed by atoms with E-state index in [2.05, 4.69) is 5.32 Å². The lowest BCUT2D eigenvalue weighted by molar-refractivity contribution is -0.136. The van der Waals surface area contributed by atoms with E-state index in [-0.39, 0.29) is 18.1 Å². The molecule has 2 heterocycles. The van der Waals surface area contributed by atoms with E-state index in [1.165, 1.54) is 0 Å². The van der Waals surface area contributed by atoms with Crippen molar-refractivity contribution in [2.45, 2.75) is 26.8 Å². The highest BCUT2D eigenvalue weighted by Crippen LogP contribution is 2.29. The highest BCUT2D eigenvalue weighted by Gasteiger charge is 2.26. The van der Waals surface area contributed by atoms with Crippen LogP contribution < -0.4 is 5.32 Å². The number of nitrogens with one attached hydrogen (secondary N) is 1. The summed E-state index contributed by atoms with van der Waals surface area (Å²) < 4.78 is 1.92. The molecule has 92 valence electrons. The van der Waals surface area contributed by atoms with Crippen molar-refractivity contribution < 1.29 is 14.7 Å². The molecule has 5 heteroatoms. The lowest BCUT2D eigenvalue weighted by Crippen LogP contribution is -2.13. The predicted octanol–water partition coefficient (Wildman–Crippen LogP) is 1.38. The highest BCUT2D eigenvalue weighted by atomic mass is 16.4. The number of aromatic nitrogens is 1. The van der Waals surface area contributed by atoms with Gasteiger partial charge in [0.15, 0.2) is 5.78 Å². The maximum atomic E-state index is 12.1. The van der Waals surface area contributed by atoms with E-state index in [9.17, 15) is 9.59 Å². The fourth-order valence-corrected chi connectivity index (χ4v) is 2.13. The van der Waals surface area contributed by atoms with Crippen LogP contribution in [0, 0.1) is 5.92 Å². The van der Waals surface area contributed by atoms with Crippen LogP contribution in [0.4, 0.5) is 5.82 Å². The summed E-state index contributed by atoms with van der Waals surface area (Å²) >= 11 is 0. The Morgan fingerprint density at radius 1 is 1.53 bits per heavy atom. The third-order valence-corrected chi connectivity index (χ3v) is 2.91. The Labute approximate surface area is 99.4 Å². The Balaban J connectivity index is 2.45. The van der Waals surface area contributed by atoms with Gasteiger partial charge < -0.3 is 15.0 Å². The van der Waals surface area contributed by atoms with Crippen LogP contribution in [-0.2, 0) is 17.8 Å². The van der Waals surface area contributed by atoms with Crippen molar-refractivity contribution in [1.82, 2.24) is 4.57 Å². The van der Waals surface area contributed by atoms with Gasteiger partial charge in [-0.1, -0.05) is 13.8 Å². The van der Waals surface area contributed by atoms with Crippen LogP contribution in [0.3, 0.4) is 0 Å². The van der Waals surface area contributed by atoms with E-state index < -0.39 is 5.97 Å². The number of Topliss-reactive ketones (excluding diaryl/α,β-unsaturated/α-hetero) is 1. The zero-order chi connectivity index (χ0) is 12.6. The number of carbonyl (C=O) groups excluding carboxylic acids is 1. The number of anilines is 1. The molecule has 0 saturated carbocycles. The summed E-state index contributed by atoms with van der Waals surface area (Å²) in [4.78, 5) is 22.9. The maximum absolute atomic E-state index is 12.1. The highest BCUT2D eigenvalue weighted by molar-refractivity contribution is 6.04. The first-order valence-electron chi connectivity index (χ1n) is 5.72. The summed E-state index contributed by atoms with van der Waals surface area (Å²) in [5.74, 6) is -0.256. The van der Waals surface area contributed by atoms with Crippen LogP contribution in [0.15, 0.2) is 6.20 Å². The number of carbonyl (C=O) groups is 2. The van der Waals surface area contributed by atoms with Crippen LogP contribution in [0.2, 0.25) is 0 Å². The van der Waals surface area contributed by atoms with E-state index in [0.29, 0.717) is 11.1 Å². The Morgan fingerprint density at radius 3 is 2.82 bits per heavy atom. The molecule has 1 aromatic heterocycles. The second kappa shape index (κ2) is 4.24. The van der Waals surface area contributed by atoms with Crippen molar-refractivity contribution >= 4 is 17.6 Å². The van der Waals surface area contributed by atoms with Crippen molar-refractivity contribution in [1.29, 1.82) is 0 Å². The molecule has 0 bridgehead atoms. The number of fused-ring (bicyclic) bond motifs is 1. The number of carboxylic acids is 1. The second-order valence-corrected chi connectivity index (χ2v) is 4.59. The lowest BCUT2D eigenvalue weighted by atomic mass is 9.98. The van der Waals surface area contributed by atoms with Gasteiger partial charge >= 0.3 is 5.97 Å². The lowest BCUT2D eigenvalue weighted by Gasteiger charge is -2.07. The molecule has 0 aromatic carbocycles. The van der Waals surface area contributed by atoms with Crippen molar-refractivity contribution in [3.05, 3.63) is 17.3 Å². The van der Waals surface area contributed by atoms with Gasteiger partial charge in [0.2, 0.25) is 0 Å². The van der Waals surface area contributed by atoms with Crippen LogP contribution in [0.1, 0.15) is 29.8 Å². The summed E-state index contributed by atoms with van der Waals surface area (Å²) in [5.41, 5.74) is 1.17. The van der Waals surface area contributed by atoms with Crippen LogP contribution >= 0.6 is 0 Å². The first-order chi connectivity index (χ1) is 8.00. The van der Waals surface area contributed by atoms with Gasteiger partial charge in [0.25, 0.3) is 0 Å². The Morgan fingerprint density at radius 2 is 2.24 bits per heavy atom. The molecule has 0 radical (unpaired) electrons. The number of nitrogens with zero attached hydrogens (tertiary/aromatic N) is 1. The first-order valence-corrected chi connectivity index (χ1v) is 5.72. The molecule has 1 aromatic rings. The fourth-order valence-electron chi connectivity index (χ4n) is 2.13. The van der Waals surface area contributed by atoms with Gasteiger partial charge in [0.1, 0.15) is 5.82 Å². The second-order valence-electron chi connectivity index (χ2n) is 4.59. The molecule has 0 saturated heterocycles. The van der Waals surface area contributed by atoms with Gasteiger partial charge in [-0.05, 0) is 5.56 Å². The molecule has 2 N–H and O–H groups in total. The molecule has 2 rings (SSSR count). The summed E-state index contributed by atoms with van der Waals surface area (Å²) in [6, 6.07) is 0. The summed E-state index contributed by atoms with van der Waals surface area (Å²) in [7, 11) is 0. The number of rotatable bonds is 4. The van der Waals surface area contributed by atoms with Gasteiger partial charge in [-0.3, -0.25) is 9.59 Å². The molecule has 17 heavy (non-hydrogen) atoms. The average molecular weight is 236 g/mol. The molecular weight excluding hydrogens is 220 g/mol. The van der Waals surface area contributed by atoms with Crippen LogP contribution in [0.5, 0.6) is 0 Å². The molecule has 1 aliphatic rings. The van der Waals surface area contributed by atoms with Crippen molar-refractivity contribution in [2.75, 3.05) is 11.9 Å². The molecule has 0 fully saturated rings.